The number of phenols is 1. The smallest absolute Gasteiger partial charge is 0.343 e. The first-order chi connectivity index (χ1) is 19.8. The van der Waals surface area contributed by atoms with E-state index in [0.29, 0.717) is 22.6 Å². The number of hydrogen-bond acceptors (Lipinski definition) is 4. The van der Waals surface area contributed by atoms with Gasteiger partial charge in [0.15, 0.2) is 0 Å². The molecule has 0 heterocycles. The van der Waals surface area contributed by atoms with Gasteiger partial charge in [0.25, 0.3) is 0 Å². The molecule has 4 heteroatoms. The van der Waals surface area contributed by atoms with Crippen molar-refractivity contribution >= 4 is 18.6 Å². The van der Waals surface area contributed by atoms with Gasteiger partial charge in [0.05, 0.1) is 5.56 Å². The first kappa shape index (κ1) is 34.5. The van der Waals surface area contributed by atoms with Crippen molar-refractivity contribution < 1.29 is 14.6 Å². The number of fused-ring (bicyclic) bond motifs is 1. The second kappa shape index (κ2) is 15.7. The quantitative estimate of drug-likeness (QED) is 0.122. The minimum Gasteiger partial charge on any atom is -0.507 e. The predicted octanol–water partition coefficient (Wildman–Crippen LogP) is 11.2. The van der Waals surface area contributed by atoms with Gasteiger partial charge in [-0.25, -0.2) is 4.79 Å². The minimum absolute atomic E-state index is 0.106. The van der Waals surface area contributed by atoms with E-state index in [-0.39, 0.29) is 10.7 Å². The third-order valence-corrected chi connectivity index (χ3v) is 10.2. The number of esters is 1. The maximum absolute atomic E-state index is 13.0. The van der Waals surface area contributed by atoms with Crippen molar-refractivity contribution in [3.63, 3.8) is 0 Å². The molecule has 2 aromatic carbocycles. The lowest BCUT2D eigenvalue weighted by Crippen LogP contribution is -2.27. The van der Waals surface area contributed by atoms with E-state index in [4.69, 9.17) is 4.74 Å². The highest BCUT2D eigenvalue weighted by molar-refractivity contribution is 7.80. The molecule has 42 heavy (non-hydrogen) atoms. The zero-order valence-electron chi connectivity index (χ0n) is 27.8. The van der Waals surface area contributed by atoms with Gasteiger partial charge < -0.3 is 9.84 Å². The van der Waals surface area contributed by atoms with Gasteiger partial charge in [-0.2, -0.15) is 12.6 Å². The lowest BCUT2D eigenvalue weighted by Gasteiger charge is -2.37. The number of rotatable bonds is 15. The number of carbonyl (C=O) groups excluding carboxylic acids is 1. The molecule has 0 aliphatic heterocycles. The summed E-state index contributed by atoms with van der Waals surface area (Å²) < 4.78 is 5.91. The molecule has 0 saturated carbocycles. The minimum atomic E-state index is -0.394. The fourth-order valence-corrected chi connectivity index (χ4v) is 7.04. The van der Waals surface area contributed by atoms with Crippen LogP contribution in [0.5, 0.6) is 11.5 Å². The van der Waals surface area contributed by atoms with Crippen LogP contribution in [0.4, 0.5) is 0 Å². The number of thiol groups is 1. The Bertz CT molecular complexity index is 1170. The van der Waals surface area contributed by atoms with Gasteiger partial charge in [-0.1, -0.05) is 98.1 Å². The summed E-state index contributed by atoms with van der Waals surface area (Å²) >= 11 is 4.46. The topological polar surface area (TPSA) is 46.5 Å². The summed E-state index contributed by atoms with van der Waals surface area (Å²) in [7, 11) is 0. The summed E-state index contributed by atoms with van der Waals surface area (Å²) in [6.07, 6.45) is 14.8. The average molecular weight is 595 g/mol. The van der Waals surface area contributed by atoms with Gasteiger partial charge in [0.2, 0.25) is 0 Å². The van der Waals surface area contributed by atoms with Crippen molar-refractivity contribution in [2.75, 3.05) is 0 Å². The Morgan fingerprint density at radius 2 is 1.45 bits per heavy atom. The third-order valence-electron chi connectivity index (χ3n) is 9.89. The predicted molar refractivity (Wildman–Crippen MR) is 181 cm³/mol. The zero-order valence-corrected chi connectivity index (χ0v) is 28.7. The molecule has 0 aromatic heterocycles. The molecule has 0 radical (unpaired) electrons. The molecule has 3 nitrogen and oxygen atoms in total. The zero-order chi connectivity index (χ0) is 31.0. The normalized spacial score (nSPS) is 18.9. The number of hydrogen-bond donors (Lipinski definition) is 2. The number of benzene rings is 2. The molecule has 1 aliphatic carbocycles. The summed E-state index contributed by atoms with van der Waals surface area (Å²) in [5, 5.41) is 11.4. The Balaban J connectivity index is 1.54. The molecule has 0 saturated heterocycles. The van der Waals surface area contributed by atoms with Crippen molar-refractivity contribution in [3.8, 4) is 11.5 Å². The van der Waals surface area contributed by atoms with Crippen molar-refractivity contribution in [1.82, 2.24) is 0 Å². The molecule has 4 atom stereocenters. The van der Waals surface area contributed by atoms with Crippen molar-refractivity contribution in [2.24, 2.45) is 23.2 Å². The molecule has 0 amide bonds. The summed E-state index contributed by atoms with van der Waals surface area (Å²) in [5.74, 6) is 2.88. The van der Waals surface area contributed by atoms with Crippen LogP contribution < -0.4 is 4.74 Å². The fourth-order valence-electron chi connectivity index (χ4n) is 6.86. The largest absolute Gasteiger partial charge is 0.507 e. The molecule has 0 fully saturated rings. The second-order valence-corrected chi connectivity index (χ2v) is 15.2. The van der Waals surface area contributed by atoms with Gasteiger partial charge in [-0.15, -0.1) is 0 Å². The van der Waals surface area contributed by atoms with Crippen molar-refractivity contribution in [1.29, 1.82) is 0 Å². The van der Waals surface area contributed by atoms with Crippen molar-refractivity contribution in [2.45, 2.75) is 138 Å². The number of carbonyl (C=O) groups is 1. The molecule has 4 unspecified atom stereocenters. The lowest BCUT2D eigenvalue weighted by atomic mass is 9.68. The molecular formula is C38H58O3S. The number of ether oxygens (including phenoxy) is 1. The van der Waals surface area contributed by atoms with Gasteiger partial charge >= 0.3 is 5.97 Å². The van der Waals surface area contributed by atoms with E-state index < -0.39 is 5.97 Å². The number of aromatic hydroxyl groups is 1. The summed E-state index contributed by atoms with van der Waals surface area (Å²) in [6.45, 7) is 17.8. The summed E-state index contributed by atoms with van der Waals surface area (Å²) in [4.78, 5) is 13.0. The van der Waals surface area contributed by atoms with Crippen LogP contribution >= 0.6 is 12.6 Å². The van der Waals surface area contributed by atoms with Gasteiger partial charge in [0, 0.05) is 10.8 Å². The van der Waals surface area contributed by atoms with Crippen LogP contribution in [0.3, 0.4) is 0 Å². The van der Waals surface area contributed by atoms with Gasteiger partial charge in [0.1, 0.15) is 11.5 Å². The Hall–Kier alpha value is -1.94. The van der Waals surface area contributed by atoms with E-state index in [1.165, 1.54) is 57.8 Å². The van der Waals surface area contributed by atoms with Crippen LogP contribution in [-0.4, -0.2) is 11.1 Å². The highest BCUT2D eigenvalue weighted by Crippen LogP contribution is 2.47. The van der Waals surface area contributed by atoms with Crippen molar-refractivity contribution in [3.05, 3.63) is 57.6 Å². The van der Waals surface area contributed by atoms with Crippen LogP contribution in [0.2, 0.25) is 0 Å². The summed E-state index contributed by atoms with van der Waals surface area (Å²) in [5.41, 5.74) is 5.63. The molecular weight excluding hydrogens is 536 g/mol. The molecule has 0 spiro atoms. The maximum Gasteiger partial charge on any atom is 0.343 e. The molecule has 2 aromatic rings. The fraction of sp³-hybridized carbons (Fsp3) is 0.658. The molecule has 3 rings (SSSR count). The maximum atomic E-state index is 13.0. The first-order valence-electron chi connectivity index (χ1n) is 16.6. The molecule has 1 N–H and O–H groups in total. The molecule has 0 bridgehead atoms. The van der Waals surface area contributed by atoms with E-state index in [1.807, 2.05) is 32.9 Å². The Morgan fingerprint density at radius 1 is 0.881 bits per heavy atom. The Labute approximate surface area is 262 Å². The molecule has 1 aliphatic rings. The van der Waals surface area contributed by atoms with Gasteiger partial charge in [-0.3, -0.25) is 0 Å². The highest BCUT2D eigenvalue weighted by Gasteiger charge is 2.34. The van der Waals surface area contributed by atoms with E-state index in [1.54, 1.807) is 12.1 Å². The first-order valence-corrected chi connectivity index (χ1v) is 17.2. The standard InChI is InChI=1S/C38H58O3S/c1-25(2)12-9-13-26(3)14-10-15-27(4)16-11-22-38(8)23-21-33-28(5)36(29(6)35(39)34(33)24-38)41-37(40)32-19-17-31(18-20-32)30(7)42/h17-20,25-27,30,39,42H,9-16,21-24H2,1-8H3. The average Bonchev–Trinajstić information content (AvgIpc) is 2.93. The van der Waals surface area contributed by atoms with Crippen LogP contribution in [0.1, 0.15) is 149 Å². The Kier molecular flexibility index (Phi) is 12.9. The lowest BCUT2D eigenvalue weighted by molar-refractivity contribution is 0.0731. The summed E-state index contributed by atoms with van der Waals surface area (Å²) in [6, 6.07) is 7.40. The molecule has 234 valence electrons. The van der Waals surface area contributed by atoms with Crippen LogP contribution in [-0.2, 0) is 12.8 Å². The Morgan fingerprint density at radius 3 is 2.02 bits per heavy atom. The van der Waals surface area contributed by atoms with Crippen LogP contribution in [0.15, 0.2) is 24.3 Å². The van der Waals surface area contributed by atoms with E-state index >= 15 is 0 Å². The number of phenolic OH excluding ortho intramolecular Hbond substituents is 1. The van der Waals surface area contributed by atoms with Gasteiger partial charge in [-0.05, 0) is 104 Å². The van der Waals surface area contributed by atoms with E-state index in [2.05, 4.69) is 47.2 Å². The van der Waals surface area contributed by atoms with E-state index in [0.717, 1.165) is 59.3 Å². The third kappa shape index (κ3) is 9.53. The van der Waals surface area contributed by atoms with Crippen LogP contribution in [0.25, 0.3) is 0 Å². The highest BCUT2D eigenvalue weighted by atomic mass is 32.1. The SMILES string of the molecule is Cc1c(O)c2c(c(C)c1OC(=O)c1ccc(C(C)S)cc1)CCC(C)(CCCC(C)CCCC(C)CCCC(C)C)C2. The monoisotopic (exact) mass is 594 g/mol. The second-order valence-electron chi connectivity index (χ2n) is 14.4. The van der Waals surface area contributed by atoms with E-state index in [9.17, 15) is 9.90 Å². The van der Waals surface area contributed by atoms with Crippen LogP contribution in [0, 0.1) is 37.0 Å².